The van der Waals surface area contributed by atoms with Crippen molar-refractivity contribution in [3.63, 3.8) is 0 Å². The Hall–Kier alpha value is -2.88. The number of halogens is 4. The number of benzene rings is 2. The molecule has 0 heterocycles. The SMILES string of the molecule is N#CC(F)(C(=O)OC(c1ccccc1)C(F)(F)F)c1ccccc1. The lowest BCUT2D eigenvalue weighted by Crippen LogP contribution is -2.36. The van der Waals surface area contributed by atoms with Gasteiger partial charge in [0.25, 0.3) is 0 Å². The van der Waals surface area contributed by atoms with Crippen LogP contribution in [0.5, 0.6) is 0 Å². The summed E-state index contributed by atoms with van der Waals surface area (Å²) < 4.78 is 58.6. The molecule has 2 rings (SSSR count). The highest BCUT2D eigenvalue weighted by Gasteiger charge is 2.50. The Morgan fingerprint density at radius 1 is 0.958 bits per heavy atom. The fourth-order valence-electron chi connectivity index (χ4n) is 2.04. The van der Waals surface area contributed by atoms with Gasteiger partial charge in [-0.1, -0.05) is 60.7 Å². The largest absolute Gasteiger partial charge is 0.444 e. The van der Waals surface area contributed by atoms with Gasteiger partial charge in [0.2, 0.25) is 6.10 Å². The summed E-state index contributed by atoms with van der Waals surface area (Å²) in [5.41, 5.74) is -4.10. The van der Waals surface area contributed by atoms with Crippen LogP contribution in [0.25, 0.3) is 0 Å². The van der Waals surface area contributed by atoms with E-state index in [2.05, 4.69) is 4.74 Å². The van der Waals surface area contributed by atoms with E-state index >= 15 is 0 Å². The lowest BCUT2D eigenvalue weighted by atomic mass is 9.97. The Balaban J connectivity index is 2.36. The molecule has 2 aromatic carbocycles. The highest BCUT2D eigenvalue weighted by atomic mass is 19.4. The number of alkyl halides is 4. The van der Waals surface area contributed by atoms with Crippen LogP contribution < -0.4 is 0 Å². The van der Waals surface area contributed by atoms with Crippen LogP contribution in [-0.2, 0) is 15.2 Å². The van der Waals surface area contributed by atoms with Crippen molar-refractivity contribution in [2.75, 3.05) is 0 Å². The third kappa shape index (κ3) is 3.54. The second-order valence-electron chi connectivity index (χ2n) is 4.87. The first-order chi connectivity index (χ1) is 11.3. The molecule has 0 radical (unpaired) electrons. The van der Waals surface area contributed by atoms with Gasteiger partial charge in [-0.25, -0.2) is 9.18 Å². The first kappa shape index (κ1) is 17.5. The van der Waals surface area contributed by atoms with Crippen molar-refractivity contribution >= 4 is 5.97 Å². The van der Waals surface area contributed by atoms with Crippen LogP contribution in [0.15, 0.2) is 60.7 Å². The van der Waals surface area contributed by atoms with E-state index in [4.69, 9.17) is 5.26 Å². The molecule has 0 N–H and O–H groups in total. The van der Waals surface area contributed by atoms with E-state index in [1.807, 2.05) is 0 Å². The summed E-state index contributed by atoms with van der Waals surface area (Å²) in [7, 11) is 0. The van der Waals surface area contributed by atoms with Crippen molar-refractivity contribution in [1.29, 1.82) is 5.26 Å². The summed E-state index contributed by atoms with van der Waals surface area (Å²) in [6, 6.07) is 13.9. The molecular weight excluding hydrogens is 326 g/mol. The Bertz CT molecular complexity index is 741. The minimum Gasteiger partial charge on any atom is -0.444 e. The van der Waals surface area contributed by atoms with E-state index in [1.54, 1.807) is 0 Å². The standard InChI is InChI=1S/C17H11F4NO2/c18-16(11-22,13-9-5-2-6-10-13)15(23)24-14(17(19,20)21)12-7-3-1-4-8-12/h1-10,14H. The van der Waals surface area contributed by atoms with E-state index < -0.39 is 29.5 Å². The second-order valence-corrected chi connectivity index (χ2v) is 4.87. The van der Waals surface area contributed by atoms with E-state index in [0.717, 1.165) is 30.3 Å². The smallest absolute Gasteiger partial charge is 0.429 e. The first-order valence-electron chi connectivity index (χ1n) is 6.77. The minimum absolute atomic E-state index is 0.369. The molecule has 0 bridgehead atoms. The summed E-state index contributed by atoms with van der Waals surface area (Å²) in [6.07, 6.45) is -7.62. The van der Waals surface area contributed by atoms with Gasteiger partial charge in [-0.2, -0.15) is 18.4 Å². The third-order valence-electron chi connectivity index (χ3n) is 3.23. The maximum atomic E-state index is 14.7. The molecule has 3 nitrogen and oxygen atoms in total. The number of hydrogen-bond donors (Lipinski definition) is 0. The predicted octanol–water partition coefficient (Wildman–Crippen LogP) is 4.22. The molecule has 0 aliphatic heterocycles. The molecule has 2 unspecified atom stereocenters. The maximum absolute atomic E-state index is 14.7. The van der Waals surface area contributed by atoms with Crippen molar-refractivity contribution in [3.05, 3.63) is 71.8 Å². The monoisotopic (exact) mass is 337 g/mol. The Labute approximate surface area is 135 Å². The Morgan fingerprint density at radius 3 is 1.92 bits per heavy atom. The Morgan fingerprint density at radius 2 is 1.46 bits per heavy atom. The molecule has 24 heavy (non-hydrogen) atoms. The molecule has 0 amide bonds. The van der Waals surface area contributed by atoms with Crippen LogP contribution in [0.1, 0.15) is 17.2 Å². The van der Waals surface area contributed by atoms with Crippen molar-refractivity contribution in [1.82, 2.24) is 0 Å². The number of esters is 1. The number of nitriles is 1. The quantitative estimate of drug-likeness (QED) is 0.620. The predicted molar refractivity (Wildman–Crippen MR) is 76.2 cm³/mol. The summed E-state index contributed by atoms with van der Waals surface area (Å²) in [5.74, 6) is -1.91. The average molecular weight is 337 g/mol. The summed E-state index contributed by atoms with van der Waals surface area (Å²) in [5, 5.41) is 8.99. The fourth-order valence-corrected chi connectivity index (χ4v) is 2.04. The second kappa shape index (κ2) is 6.71. The zero-order valence-electron chi connectivity index (χ0n) is 12.1. The van der Waals surface area contributed by atoms with Gasteiger partial charge in [-0.05, 0) is 0 Å². The molecule has 124 valence electrons. The zero-order valence-corrected chi connectivity index (χ0v) is 12.1. The maximum Gasteiger partial charge on any atom is 0.429 e. The van der Waals surface area contributed by atoms with Gasteiger partial charge in [-0.3, -0.25) is 0 Å². The van der Waals surface area contributed by atoms with Gasteiger partial charge in [0, 0.05) is 11.1 Å². The number of nitrogens with zero attached hydrogens (tertiary/aromatic N) is 1. The number of carbonyl (C=O) groups excluding carboxylic acids is 1. The lowest BCUT2D eigenvalue weighted by molar-refractivity contribution is -0.228. The van der Waals surface area contributed by atoms with Crippen LogP contribution >= 0.6 is 0 Å². The molecule has 0 fully saturated rings. The molecule has 0 aliphatic rings. The van der Waals surface area contributed by atoms with E-state index in [0.29, 0.717) is 0 Å². The molecule has 0 saturated heterocycles. The summed E-state index contributed by atoms with van der Waals surface area (Å²) in [4.78, 5) is 12.0. The van der Waals surface area contributed by atoms with E-state index in [-0.39, 0.29) is 5.56 Å². The van der Waals surface area contributed by atoms with Crippen LogP contribution in [0.3, 0.4) is 0 Å². The summed E-state index contributed by atoms with van der Waals surface area (Å²) in [6.45, 7) is 0. The average Bonchev–Trinajstić information content (AvgIpc) is 2.59. The fraction of sp³-hybridized carbons (Fsp3) is 0.176. The highest BCUT2D eigenvalue weighted by molar-refractivity contribution is 5.85. The molecule has 2 aromatic rings. The lowest BCUT2D eigenvalue weighted by Gasteiger charge is -2.24. The molecule has 2 atom stereocenters. The van der Waals surface area contributed by atoms with Crippen LogP contribution in [0, 0.1) is 11.3 Å². The zero-order chi connectivity index (χ0) is 17.8. The normalized spacial score (nSPS) is 15.0. The molecule has 7 heteroatoms. The van der Waals surface area contributed by atoms with Crippen LogP contribution in [0.2, 0.25) is 0 Å². The van der Waals surface area contributed by atoms with E-state index in [9.17, 15) is 22.4 Å². The van der Waals surface area contributed by atoms with Crippen LogP contribution in [-0.4, -0.2) is 12.1 Å². The molecular formula is C17H11F4NO2. The number of ether oxygens (including phenoxy) is 1. The number of hydrogen-bond acceptors (Lipinski definition) is 3. The summed E-state index contributed by atoms with van der Waals surface area (Å²) >= 11 is 0. The van der Waals surface area contributed by atoms with Gasteiger partial charge in [0.15, 0.2) is 0 Å². The Kier molecular flexibility index (Phi) is 4.88. The van der Waals surface area contributed by atoms with Gasteiger partial charge in [-0.15, -0.1) is 0 Å². The first-order valence-corrected chi connectivity index (χ1v) is 6.77. The van der Waals surface area contributed by atoms with Crippen LogP contribution in [0.4, 0.5) is 17.6 Å². The van der Waals surface area contributed by atoms with E-state index in [1.165, 1.54) is 36.4 Å². The minimum atomic E-state index is -4.95. The topological polar surface area (TPSA) is 50.1 Å². The molecule has 0 aliphatic carbocycles. The highest BCUT2D eigenvalue weighted by Crippen LogP contribution is 2.38. The van der Waals surface area contributed by atoms with Crippen molar-refractivity contribution < 1.29 is 27.1 Å². The van der Waals surface area contributed by atoms with Gasteiger partial charge in [0.05, 0.1) is 0 Å². The van der Waals surface area contributed by atoms with Gasteiger partial charge in [0.1, 0.15) is 6.07 Å². The van der Waals surface area contributed by atoms with Crippen molar-refractivity contribution in [3.8, 4) is 6.07 Å². The number of rotatable bonds is 4. The number of carbonyl (C=O) groups is 1. The molecule has 0 saturated carbocycles. The molecule has 0 spiro atoms. The van der Waals surface area contributed by atoms with Crippen molar-refractivity contribution in [2.45, 2.75) is 17.9 Å². The third-order valence-corrected chi connectivity index (χ3v) is 3.23. The molecule has 0 aromatic heterocycles. The van der Waals surface area contributed by atoms with Gasteiger partial charge >= 0.3 is 17.8 Å². The van der Waals surface area contributed by atoms with Crippen molar-refractivity contribution in [2.24, 2.45) is 0 Å². The van der Waals surface area contributed by atoms with Gasteiger partial charge < -0.3 is 4.74 Å².